The lowest BCUT2D eigenvalue weighted by Crippen LogP contribution is -2.32. The normalized spacial score (nSPS) is 30.8. The van der Waals surface area contributed by atoms with E-state index in [4.69, 9.17) is 31.0 Å². The summed E-state index contributed by atoms with van der Waals surface area (Å²) in [5.41, 5.74) is 0.939. The number of ether oxygens (including phenoxy) is 3. The first-order valence-corrected chi connectivity index (χ1v) is 10.1. The number of imidazole rings is 1. The molecular formula is C14H18ClN5O5S. The van der Waals surface area contributed by atoms with Crippen LogP contribution in [0.3, 0.4) is 0 Å². The number of rotatable bonds is 4. The second-order valence-corrected chi connectivity index (χ2v) is 8.87. The molecule has 12 heteroatoms. The van der Waals surface area contributed by atoms with Gasteiger partial charge in [-0.3, -0.25) is 4.57 Å². The van der Waals surface area contributed by atoms with Crippen LogP contribution in [-0.2, 0) is 24.2 Å². The van der Waals surface area contributed by atoms with Gasteiger partial charge in [-0.2, -0.15) is 0 Å². The molecule has 2 unspecified atom stereocenters. The van der Waals surface area contributed by atoms with Crippen molar-refractivity contribution in [2.75, 3.05) is 5.75 Å². The summed E-state index contributed by atoms with van der Waals surface area (Å²) in [6.07, 6.45) is 1.09. The lowest BCUT2D eigenvalue weighted by molar-refractivity contribution is -0.196. The zero-order chi connectivity index (χ0) is 18.7. The second-order valence-electron chi connectivity index (χ2n) is 6.77. The largest absolute Gasteiger partial charge is 0.349 e. The molecule has 0 bridgehead atoms. The Labute approximate surface area is 154 Å². The predicted octanol–water partition coefficient (Wildman–Crippen LogP) is 0.576. The SMILES string of the molecule is CC1(C)OC2C(CCS(N)(=O)=O)O[C@@H](n3cnc4c(Cl)ncnc43)[C@@H]2O1. The van der Waals surface area contributed by atoms with E-state index in [1.54, 1.807) is 24.7 Å². The highest BCUT2D eigenvalue weighted by Gasteiger charge is 2.56. The Kier molecular flexibility index (Phi) is 4.21. The van der Waals surface area contributed by atoms with Crippen LogP contribution >= 0.6 is 11.6 Å². The van der Waals surface area contributed by atoms with E-state index in [9.17, 15) is 8.42 Å². The summed E-state index contributed by atoms with van der Waals surface area (Å²) >= 11 is 6.06. The molecule has 0 radical (unpaired) electrons. The number of fused-ring (bicyclic) bond motifs is 2. The van der Waals surface area contributed by atoms with E-state index < -0.39 is 40.4 Å². The molecule has 2 aromatic rings. The van der Waals surface area contributed by atoms with Crippen LogP contribution in [0, 0.1) is 0 Å². The van der Waals surface area contributed by atoms with Crippen LogP contribution < -0.4 is 5.14 Å². The number of hydrogen-bond donors (Lipinski definition) is 1. The van der Waals surface area contributed by atoms with Gasteiger partial charge < -0.3 is 14.2 Å². The third kappa shape index (κ3) is 3.19. The fourth-order valence-corrected chi connectivity index (χ4v) is 4.14. The van der Waals surface area contributed by atoms with Crippen LogP contribution in [0.2, 0.25) is 5.15 Å². The maximum atomic E-state index is 11.3. The molecule has 0 amide bonds. The lowest BCUT2D eigenvalue weighted by atomic mass is 10.1. The standard InChI is InChI=1S/C14H18ClN5O5S/c1-14(2)24-9-7(3-4-26(16,21)22)23-13(10(9)25-14)20-6-19-8-11(15)17-5-18-12(8)20/h5-7,9-10,13H,3-4H2,1-2H3,(H2,16,21,22)/t7?,9?,10-,13-/m1/s1. The zero-order valence-corrected chi connectivity index (χ0v) is 15.6. The summed E-state index contributed by atoms with van der Waals surface area (Å²) < 4.78 is 42.4. The maximum absolute atomic E-state index is 11.3. The molecular weight excluding hydrogens is 386 g/mol. The molecule has 4 atom stereocenters. The molecule has 0 aromatic carbocycles. The van der Waals surface area contributed by atoms with E-state index in [-0.39, 0.29) is 17.3 Å². The third-order valence-electron chi connectivity index (χ3n) is 4.40. The topological polar surface area (TPSA) is 131 Å². The van der Waals surface area contributed by atoms with Crippen molar-refractivity contribution in [3.05, 3.63) is 17.8 Å². The Morgan fingerprint density at radius 3 is 2.73 bits per heavy atom. The minimum absolute atomic E-state index is 0.193. The van der Waals surface area contributed by atoms with Gasteiger partial charge in [-0.05, 0) is 20.3 Å². The van der Waals surface area contributed by atoms with Gasteiger partial charge in [-0.15, -0.1) is 0 Å². The van der Waals surface area contributed by atoms with Crippen molar-refractivity contribution >= 4 is 32.8 Å². The van der Waals surface area contributed by atoms with Crippen LogP contribution in [0.5, 0.6) is 0 Å². The molecule has 2 aliphatic heterocycles. The second kappa shape index (κ2) is 6.08. The van der Waals surface area contributed by atoms with Gasteiger partial charge in [0.25, 0.3) is 0 Å². The Hall–Kier alpha value is -1.37. The first kappa shape index (κ1) is 18.0. The van der Waals surface area contributed by atoms with E-state index in [0.717, 1.165) is 0 Å². The number of halogens is 1. The molecule has 2 fully saturated rings. The smallest absolute Gasteiger partial charge is 0.209 e. The molecule has 10 nitrogen and oxygen atoms in total. The Bertz CT molecular complexity index is 948. The van der Waals surface area contributed by atoms with Crippen molar-refractivity contribution in [2.45, 2.75) is 50.6 Å². The van der Waals surface area contributed by atoms with Gasteiger partial charge in [-0.25, -0.2) is 28.5 Å². The number of primary sulfonamides is 1. The van der Waals surface area contributed by atoms with Crippen LogP contribution in [0.15, 0.2) is 12.7 Å². The van der Waals surface area contributed by atoms with E-state index >= 15 is 0 Å². The highest BCUT2D eigenvalue weighted by atomic mass is 35.5. The maximum Gasteiger partial charge on any atom is 0.209 e. The van der Waals surface area contributed by atoms with Crippen LogP contribution in [0.4, 0.5) is 0 Å². The molecule has 0 saturated carbocycles. The molecule has 2 aromatic heterocycles. The van der Waals surface area contributed by atoms with Gasteiger partial charge in [-0.1, -0.05) is 11.6 Å². The number of hydrogen-bond acceptors (Lipinski definition) is 8. The Morgan fingerprint density at radius 2 is 2.00 bits per heavy atom. The van der Waals surface area contributed by atoms with Crippen molar-refractivity contribution < 1.29 is 22.6 Å². The summed E-state index contributed by atoms with van der Waals surface area (Å²) in [6, 6.07) is 0. The Balaban J connectivity index is 1.68. The average Bonchev–Trinajstić information content (AvgIpc) is 3.16. The molecule has 2 aliphatic rings. The molecule has 0 aliphatic carbocycles. The fourth-order valence-electron chi connectivity index (χ4n) is 3.41. The van der Waals surface area contributed by atoms with Gasteiger partial charge in [0.2, 0.25) is 10.0 Å². The minimum Gasteiger partial charge on any atom is -0.349 e. The van der Waals surface area contributed by atoms with Crippen LogP contribution in [0.25, 0.3) is 11.2 Å². The molecule has 2 N–H and O–H groups in total. The fraction of sp³-hybridized carbons (Fsp3) is 0.643. The number of sulfonamides is 1. The van der Waals surface area contributed by atoms with E-state index in [0.29, 0.717) is 11.2 Å². The van der Waals surface area contributed by atoms with E-state index in [2.05, 4.69) is 15.0 Å². The number of nitrogens with zero attached hydrogens (tertiary/aromatic N) is 4. The lowest BCUT2D eigenvalue weighted by Gasteiger charge is -2.24. The van der Waals surface area contributed by atoms with Gasteiger partial charge in [0.05, 0.1) is 18.2 Å². The predicted molar refractivity (Wildman–Crippen MR) is 90.7 cm³/mol. The highest BCUT2D eigenvalue weighted by molar-refractivity contribution is 7.89. The molecule has 142 valence electrons. The monoisotopic (exact) mass is 403 g/mol. The van der Waals surface area contributed by atoms with Crippen molar-refractivity contribution in [2.24, 2.45) is 5.14 Å². The van der Waals surface area contributed by atoms with E-state index in [1.165, 1.54) is 6.33 Å². The average molecular weight is 404 g/mol. The summed E-state index contributed by atoms with van der Waals surface area (Å²) in [5.74, 6) is -1.03. The summed E-state index contributed by atoms with van der Waals surface area (Å²) in [4.78, 5) is 12.4. The van der Waals surface area contributed by atoms with Crippen molar-refractivity contribution in [3.63, 3.8) is 0 Å². The highest BCUT2D eigenvalue weighted by Crippen LogP contribution is 2.44. The summed E-state index contributed by atoms with van der Waals surface area (Å²) in [5, 5.41) is 5.36. The van der Waals surface area contributed by atoms with Gasteiger partial charge in [0.1, 0.15) is 24.1 Å². The number of aromatic nitrogens is 4. The Morgan fingerprint density at radius 1 is 1.27 bits per heavy atom. The molecule has 0 spiro atoms. The summed E-state index contributed by atoms with van der Waals surface area (Å²) in [6.45, 7) is 3.59. The van der Waals surface area contributed by atoms with Crippen molar-refractivity contribution in [3.8, 4) is 0 Å². The number of nitrogens with two attached hydrogens (primary N) is 1. The van der Waals surface area contributed by atoms with Gasteiger partial charge >= 0.3 is 0 Å². The molecule has 4 rings (SSSR count). The third-order valence-corrected chi connectivity index (χ3v) is 5.48. The minimum atomic E-state index is -3.61. The molecule has 2 saturated heterocycles. The van der Waals surface area contributed by atoms with Gasteiger partial charge in [0, 0.05) is 0 Å². The van der Waals surface area contributed by atoms with Crippen LogP contribution in [0.1, 0.15) is 26.5 Å². The first-order valence-electron chi connectivity index (χ1n) is 7.99. The van der Waals surface area contributed by atoms with Crippen molar-refractivity contribution in [1.82, 2.24) is 19.5 Å². The van der Waals surface area contributed by atoms with Crippen molar-refractivity contribution in [1.29, 1.82) is 0 Å². The summed E-state index contributed by atoms with van der Waals surface area (Å²) in [7, 11) is -3.61. The van der Waals surface area contributed by atoms with Gasteiger partial charge in [0.15, 0.2) is 22.8 Å². The van der Waals surface area contributed by atoms with E-state index in [1.807, 2.05) is 0 Å². The zero-order valence-electron chi connectivity index (χ0n) is 14.1. The van der Waals surface area contributed by atoms with Crippen LogP contribution in [-0.4, -0.2) is 57.8 Å². The molecule has 4 heterocycles. The first-order chi connectivity index (χ1) is 12.1. The quantitative estimate of drug-likeness (QED) is 0.733. The molecule has 26 heavy (non-hydrogen) atoms.